The topological polar surface area (TPSA) is 107 Å². The number of hydrogen-bond acceptors (Lipinski definition) is 6. The highest BCUT2D eigenvalue weighted by Crippen LogP contribution is 2.17. The molecule has 0 fully saturated rings. The van der Waals surface area contributed by atoms with Crippen LogP contribution >= 0.6 is 0 Å². The van der Waals surface area contributed by atoms with Crippen molar-refractivity contribution in [3.63, 3.8) is 0 Å². The molecule has 140 valence electrons. The zero-order valence-electron chi connectivity index (χ0n) is 15.3. The number of nitrogens with one attached hydrogen (secondary N) is 2. The first kappa shape index (κ1) is 16.9. The van der Waals surface area contributed by atoms with Gasteiger partial charge in [-0.2, -0.15) is 0 Å². The lowest BCUT2D eigenvalue weighted by molar-refractivity contribution is 1.05. The summed E-state index contributed by atoms with van der Waals surface area (Å²) in [6.07, 6.45) is 8.05. The summed E-state index contributed by atoms with van der Waals surface area (Å²) in [5.74, 6) is 0. The number of nitrogens with zero attached hydrogens (tertiary/aromatic N) is 6. The van der Waals surface area contributed by atoms with Gasteiger partial charge in [0.05, 0.1) is 22.8 Å². The van der Waals surface area contributed by atoms with Crippen LogP contribution in [0.2, 0.25) is 0 Å². The minimum absolute atomic E-state index is 0.417. The van der Waals surface area contributed by atoms with Crippen molar-refractivity contribution in [3.8, 4) is 0 Å². The van der Waals surface area contributed by atoms with Crippen molar-refractivity contribution in [2.45, 2.75) is 0 Å². The highest BCUT2D eigenvalue weighted by molar-refractivity contribution is 5.77. The molecule has 8 heteroatoms. The van der Waals surface area contributed by atoms with Crippen molar-refractivity contribution in [2.75, 3.05) is 6.67 Å². The van der Waals surface area contributed by atoms with Crippen molar-refractivity contribution in [1.29, 1.82) is 0 Å². The fourth-order valence-corrected chi connectivity index (χ4v) is 3.09. The average molecular weight is 380 g/mol. The van der Waals surface area contributed by atoms with Crippen LogP contribution in [0.25, 0.3) is 46.4 Å². The molecule has 3 aromatic rings. The summed E-state index contributed by atoms with van der Waals surface area (Å²) >= 11 is 0. The SMILES string of the molecule is C1=Cc2cc3ccc(cc4ccc(cc5nc(cc1n2)C=C5)[nH]4)[nH]3.C1N=NN=N1. The second kappa shape index (κ2) is 7.43. The lowest BCUT2D eigenvalue weighted by Crippen LogP contribution is -1.77. The first-order valence-corrected chi connectivity index (χ1v) is 9.08. The Morgan fingerprint density at radius 3 is 1.34 bits per heavy atom. The van der Waals surface area contributed by atoms with Gasteiger partial charge in [-0.25, -0.2) is 9.97 Å². The third-order valence-electron chi connectivity index (χ3n) is 4.33. The van der Waals surface area contributed by atoms with E-state index >= 15 is 0 Å². The zero-order chi connectivity index (χ0) is 19.5. The number of rotatable bonds is 0. The molecular formula is C21H16N8. The van der Waals surface area contributed by atoms with Gasteiger partial charge in [-0.3, -0.25) is 0 Å². The molecule has 6 rings (SSSR count). The van der Waals surface area contributed by atoms with E-state index in [-0.39, 0.29) is 0 Å². The third-order valence-corrected chi connectivity index (χ3v) is 4.33. The maximum atomic E-state index is 4.62. The summed E-state index contributed by atoms with van der Waals surface area (Å²) in [7, 11) is 0. The van der Waals surface area contributed by atoms with E-state index in [4.69, 9.17) is 0 Å². The molecule has 0 spiro atoms. The third kappa shape index (κ3) is 4.06. The fourth-order valence-electron chi connectivity index (χ4n) is 3.09. The first-order valence-electron chi connectivity index (χ1n) is 9.08. The molecule has 0 saturated heterocycles. The minimum Gasteiger partial charge on any atom is -0.355 e. The van der Waals surface area contributed by atoms with Crippen molar-refractivity contribution in [2.24, 2.45) is 20.7 Å². The average Bonchev–Trinajstić information content (AvgIpc) is 3.50. The summed E-state index contributed by atoms with van der Waals surface area (Å²) in [6, 6.07) is 16.4. The first-order chi connectivity index (χ1) is 14.3. The van der Waals surface area contributed by atoms with E-state index in [1.165, 1.54) is 0 Å². The summed E-state index contributed by atoms with van der Waals surface area (Å²) in [4.78, 5) is 16.0. The van der Waals surface area contributed by atoms with E-state index in [1.54, 1.807) is 0 Å². The van der Waals surface area contributed by atoms with Crippen LogP contribution in [-0.4, -0.2) is 26.6 Å². The molecule has 2 N–H and O–H groups in total. The summed E-state index contributed by atoms with van der Waals surface area (Å²) < 4.78 is 0. The second-order valence-corrected chi connectivity index (χ2v) is 6.51. The van der Waals surface area contributed by atoms with Crippen LogP contribution in [0.15, 0.2) is 69.2 Å². The molecule has 0 amide bonds. The van der Waals surface area contributed by atoms with Gasteiger partial charge in [0.2, 0.25) is 0 Å². The molecule has 0 saturated carbocycles. The number of aromatic amines is 2. The molecule has 0 aliphatic carbocycles. The van der Waals surface area contributed by atoms with E-state index in [1.807, 2.05) is 42.5 Å². The Kier molecular flexibility index (Phi) is 4.34. The lowest BCUT2D eigenvalue weighted by Gasteiger charge is -1.86. The van der Waals surface area contributed by atoms with Crippen LogP contribution in [0.3, 0.4) is 0 Å². The van der Waals surface area contributed by atoms with Crippen molar-refractivity contribution in [3.05, 3.63) is 71.3 Å². The Hall–Kier alpha value is -4.20. The van der Waals surface area contributed by atoms with E-state index in [0.29, 0.717) is 6.67 Å². The molecule has 3 aromatic heterocycles. The number of aromatic nitrogens is 4. The zero-order valence-corrected chi connectivity index (χ0v) is 15.3. The van der Waals surface area contributed by atoms with Gasteiger partial charge < -0.3 is 9.97 Å². The monoisotopic (exact) mass is 380 g/mol. The van der Waals surface area contributed by atoms with E-state index in [2.05, 4.69) is 70.9 Å². The molecule has 0 unspecified atom stereocenters. The minimum atomic E-state index is 0.417. The molecule has 0 radical (unpaired) electrons. The molecular weight excluding hydrogens is 364 g/mol. The largest absolute Gasteiger partial charge is 0.355 e. The molecule has 3 aliphatic rings. The predicted molar refractivity (Wildman–Crippen MR) is 113 cm³/mol. The van der Waals surface area contributed by atoms with E-state index in [0.717, 1.165) is 44.8 Å². The van der Waals surface area contributed by atoms with Gasteiger partial charge in [0.25, 0.3) is 0 Å². The quantitative estimate of drug-likeness (QED) is 0.373. The molecule has 8 nitrogen and oxygen atoms in total. The molecule has 8 bridgehead atoms. The Balaban J connectivity index is 0.000000319. The van der Waals surface area contributed by atoms with E-state index in [9.17, 15) is 0 Å². The van der Waals surface area contributed by atoms with Gasteiger partial charge in [0.1, 0.15) is 0 Å². The predicted octanol–water partition coefficient (Wildman–Crippen LogP) is 5.43. The maximum Gasteiger partial charge on any atom is 0.175 e. The molecule has 0 atom stereocenters. The normalized spacial score (nSPS) is 13.5. The van der Waals surface area contributed by atoms with Crippen LogP contribution in [0, 0.1) is 0 Å². The molecule has 0 aromatic carbocycles. The van der Waals surface area contributed by atoms with Gasteiger partial charge in [0, 0.05) is 22.1 Å². The number of fused-ring (bicyclic) bond motifs is 8. The van der Waals surface area contributed by atoms with Gasteiger partial charge >= 0.3 is 0 Å². The van der Waals surface area contributed by atoms with Gasteiger partial charge in [-0.05, 0) is 83.3 Å². The molecule has 3 aliphatic heterocycles. The molecule has 6 heterocycles. The van der Waals surface area contributed by atoms with Crippen LogP contribution < -0.4 is 0 Å². The Bertz CT molecular complexity index is 1240. The van der Waals surface area contributed by atoms with Crippen molar-refractivity contribution >= 4 is 46.4 Å². The van der Waals surface area contributed by atoms with Crippen molar-refractivity contribution in [1.82, 2.24) is 19.9 Å². The van der Waals surface area contributed by atoms with Crippen LogP contribution in [0.1, 0.15) is 22.8 Å². The second-order valence-electron chi connectivity index (χ2n) is 6.51. The van der Waals surface area contributed by atoms with Gasteiger partial charge in [0.15, 0.2) is 6.67 Å². The maximum absolute atomic E-state index is 4.62. The summed E-state index contributed by atoms with van der Waals surface area (Å²) in [5, 5.41) is 13.1. The Morgan fingerprint density at radius 1 is 0.517 bits per heavy atom. The van der Waals surface area contributed by atoms with Crippen LogP contribution in [0.5, 0.6) is 0 Å². The van der Waals surface area contributed by atoms with Crippen LogP contribution in [-0.2, 0) is 0 Å². The van der Waals surface area contributed by atoms with Gasteiger partial charge in [-0.1, -0.05) is 0 Å². The summed E-state index contributed by atoms with van der Waals surface area (Å²) in [5.41, 5.74) is 7.86. The Labute approximate surface area is 165 Å². The van der Waals surface area contributed by atoms with Crippen molar-refractivity contribution < 1.29 is 0 Å². The van der Waals surface area contributed by atoms with Gasteiger partial charge in [-0.15, -0.1) is 10.2 Å². The standard InChI is InChI=1S/C20H14N4.CH2N4/c1-2-14-10-16-5-6-18(23-16)12-20-8-7-19(24-20)11-17-4-3-15(22-17)9-13(1)21-14;1-2-4-5-3-1/h1-12,21-22H;1H2. The Morgan fingerprint density at radius 2 is 0.931 bits per heavy atom. The van der Waals surface area contributed by atoms with Crippen LogP contribution in [0.4, 0.5) is 0 Å². The number of hydrogen-bond donors (Lipinski definition) is 2. The summed E-state index contributed by atoms with van der Waals surface area (Å²) in [6.45, 7) is 0.417. The highest BCUT2D eigenvalue weighted by atomic mass is 15.5. The smallest absolute Gasteiger partial charge is 0.175 e. The highest BCUT2D eigenvalue weighted by Gasteiger charge is 2.02. The number of H-pyrrole nitrogens is 2. The molecule has 29 heavy (non-hydrogen) atoms. The lowest BCUT2D eigenvalue weighted by atomic mass is 10.3. The fraction of sp³-hybridized carbons (Fsp3) is 0.0476. The van der Waals surface area contributed by atoms with E-state index < -0.39 is 0 Å².